The standard InChI is InChI=1S/C12H12O2/c1-6-4-9(13)10-7-2-3-8(5-7)11(10)12(6)14/h2-4,7-8,10-11H,5H2,1H3/t7-,8+,10?,11?/m0/s1. The molecule has 4 atom stereocenters. The summed E-state index contributed by atoms with van der Waals surface area (Å²) in [5.74, 6) is 0.995. The predicted octanol–water partition coefficient (Wildman–Crippen LogP) is 1.52. The summed E-state index contributed by atoms with van der Waals surface area (Å²) in [7, 11) is 0. The quantitative estimate of drug-likeness (QED) is 0.540. The maximum atomic E-state index is 11.9. The number of allylic oxidation sites excluding steroid dienone is 4. The molecule has 3 aliphatic rings. The van der Waals surface area contributed by atoms with Crippen molar-refractivity contribution in [3.63, 3.8) is 0 Å². The number of hydrogen-bond donors (Lipinski definition) is 0. The molecule has 2 nitrogen and oxygen atoms in total. The summed E-state index contributed by atoms with van der Waals surface area (Å²) in [6, 6.07) is 0. The number of carbonyl (C=O) groups excluding carboxylic acids is 2. The van der Waals surface area contributed by atoms with Crippen molar-refractivity contribution in [1.82, 2.24) is 0 Å². The van der Waals surface area contributed by atoms with Gasteiger partial charge in [0, 0.05) is 11.8 Å². The number of carbonyl (C=O) groups is 2. The normalized spacial score (nSPS) is 44.2. The lowest BCUT2D eigenvalue weighted by Gasteiger charge is -2.28. The summed E-state index contributed by atoms with van der Waals surface area (Å²) in [4.78, 5) is 23.6. The van der Waals surface area contributed by atoms with Crippen LogP contribution in [0.15, 0.2) is 23.8 Å². The summed E-state index contributed by atoms with van der Waals surface area (Å²) in [6.07, 6.45) is 6.78. The van der Waals surface area contributed by atoms with Gasteiger partial charge in [-0.25, -0.2) is 0 Å². The Bertz CT molecular complexity index is 389. The molecule has 0 N–H and O–H groups in total. The van der Waals surface area contributed by atoms with Crippen molar-refractivity contribution in [2.45, 2.75) is 13.3 Å². The monoisotopic (exact) mass is 188 g/mol. The summed E-state index contributed by atoms with van der Waals surface area (Å²) < 4.78 is 0. The minimum absolute atomic E-state index is 0.0255. The average molecular weight is 188 g/mol. The van der Waals surface area contributed by atoms with Crippen LogP contribution in [0.25, 0.3) is 0 Å². The molecule has 0 aromatic heterocycles. The number of hydrogen-bond acceptors (Lipinski definition) is 2. The fourth-order valence-electron chi connectivity index (χ4n) is 3.21. The minimum Gasteiger partial charge on any atom is -0.294 e. The minimum atomic E-state index is -0.0267. The highest BCUT2D eigenvalue weighted by molar-refractivity contribution is 6.11. The number of ketones is 2. The molecule has 3 aliphatic carbocycles. The van der Waals surface area contributed by atoms with Gasteiger partial charge in [0.05, 0.1) is 0 Å². The summed E-state index contributed by atoms with van der Waals surface area (Å²) >= 11 is 0. The first kappa shape index (κ1) is 8.16. The molecule has 0 saturated heterocycles. The van der Waals surface area contributed by atoms with Gasteiger partial charge in [0.1, 0.15) is 0 Å². The van der Waals surface area contributed by atoms with Gasteiger partial charge in [-0.1, -0.05) is 12.2 Å². The first-order valence-electron chi connectivity index (χ1n) is 5.13. The Balaban J connectivity index is 2.10. The number of rotatable bonds is 0. The van der Waals surface area contributed by atoms with Crippen LogP contribution in [0.2, 0.25) is 0 Å². The molecule has 0 radical (unpaired) electrons. The van der Waals surface area contributed by atoms with Gasteiger partial charge < -0.3 is 0 Å². The van der Waals surface area contributed by atoms with Gasteiger partial charge in [0.2, 0.25) is 0 Å². The zero-order valence-electron chi connectivity index (χ0n) is 8.07. The van der Waals surface area contributed by atoms with Crippen LogP contribution in [0.3, 0.4) is 0 Å². The third kappa shape index (κ3) is 0.813. The van der Waals surface area contributed by atoms with E-state index in [2.05, 4.69) is 12.2 Å². The molecule has 0 aromatic rings. The van der Waals surface area contributed by atoms with Crippen molar-refractivity contribution in [2.75, 3.05) is 0 Å². The Hall–Kier alpha value is -1.18. The fraction of sp³-hybridized carbons (Fsp3) is 0.500. The van der Waals surface area contributed by atoms with Crippen LogP contribution in [-0.2, 0) is 9.59 Å². The van der Waals surface area contributed by atoms with Crippen molar-refractivity contribution >= 4 is 11.6 Å². The van der Waals surface area contributed by atoms with Gasteiger partial charge in [0.15, 0.2) is 11.6 Å². The lowest BCUT2D eigenvalue weighted by Crippen LogP contribution is -2.36. The third-order valence-corrected chi connectivity index (χ3v) is 3.84. The van der Waals surface area contributed by atoms with Gasteiger partial charge in [0.25, 0.3) is 0 Å². The second kappa shape index (κ2) is 2.44. The molecular formula is C12H12O2. The maximum absolute atomic E-state index is 11.9. The zero-order chi connectivity index (χ0) is 9.87. The molecule has 1 fully saturated rings. The molecule has 2 heteroatoms. The Morgan fingerprint density at radius 2 is 1.79 bits per heavy atom. The SMILES string of the molecule is CC1=CC(=O)C2C(C1=O)[C@@H]1C=C[C@H]2C1. The topological polar surface area (TPSA) is 34.1 Å². The van der Waals surface area contributed by atoms with Crippen LogP contribution >= 0.6 is 0 Å². The van der Waals surface area contributed by atoms with E-state index in [4.69, 9.17) is 0 Å². The number of fused-ring (bicyclic) bond motifs is 5. The molecule has 3 rings (SSSR count). The highest BCUT2D eigenvalue weighted by Gasteiger charge is 2.52. The van der Waals surface area contributed by atoms with E-state index in [0.717, 1.165) is 6.42 Å². The van der Waals surface area contributed by atoms with E-state index >= 15 is 0 Å². The van der Waals surface area contributed by atoms with Crippen molar-refractivity contribution in [2.24, 2.45) is 23.7 Å². The average Bonchev–Trinajstić information content (AvgIpc) is 2.73. The van der Waals surface area contributed by atoms with Crippen molar-refractivity contribution in [3.8, 4) is 0 Å². The lowest BCUT2D eigenvalue weighted by atomic mass is 9.72. The van der Waals surface area contributed by atoms with Crippen molar-refractivity contribution in [1.29, 1.82) is 0 Å². The second-order valence-electron chi connectivity index (χ2n) is 4.59. The first-order valence-corrected chi connectivity index (χ1v) is 5.13. The van der Waals surface area contributed by atoms with Crippen molar-refractivity contribution in [3.05, 3.63) is 23.8 Å². The Kier molecular flexibility index (Phi) is 1.42. The van der Waals surface area contributed by atoms with Crippen LogP contribution in [0, 0.1) is 23.7 Å². The van der Waals surface area contributed by atoms with Crippen LogP contribution in [0.1, 0.15) is 13.3 Å². The van der Waals surface area contributed by atoms with E-state index in [1.54, 1.807) is 6.92 Å². The molecule has 1 saturated carbocycles. The Labute approximate surface area is 82.7 Å². The van der Waals surface area contributed by atoms with E-state index in [1.807, 2.05) is 0 Å². The van der Waals surface area contributed by atoms with Gasteiger partial charge in [-0.3, -0.25) is 9.59 Å². The molecule has 2 unspecified atom stereocenters. The molecule has 0 aromatic carbocycles. The Morgan fingerprint density at radius 3 is 2.50 bits per heavy atom. The van der Waals surface area contributed by atoms with Crippen LogP contribution < -0.4 is 0 Å². The van der Waals surface area contributed by atoms with E-state index in [-0.39, 0.29) is 23.4 Å². The highest BCUT2D eigenvalue weighted by Crippen LogP contribution is 2.51. The highest BCUT2D eigenvalue weighted by atomic mass is 16.1. The fourth-order valence-corrected chi connectivity index (χ4v) is 3.21. The smallest absolute Gasteiger partial charge is 0.163 e. The van der Waals surface area contributed by atoms with E-state index in [0.29, 0.717) is 17.4 Å². The molecule has 14 heavy (non-hydrogen) atoms. The molecular weight excluding hydrogens is 176 g/mol. The molecule has 2 bridgehead atoms. The molecule has 0 spiro atoms. The van der Waals surface area contributed by atoms with Crippen LogP contribution in [0.4, 0.5) is 0 Å². The molecule has 0 heterocycles. The molecule has 0 aliphatic heterocycles. The second-order valence-corrected chi connectivity index (χ2v) is 4.59. The summed E-state index contributed by atoms with van der Waals surface area (Å²) in [6.45, 7) is 1.76. The lowest BCUT2D eigenvalue weighted by molar-refractivity contribution is -0.130. The van der Waals surface area contributed by atoms with Crippen LogP contribution in [0.5, 0.6) is 0 Å². The maximum Gasteiger partial charge on any atom is 0.163 e. The van der Waals surface area contributed by atoms with Crippen molar-refractivity contribution < 1.29 is 9.59 Å². The Morgan fingerprint density at radius 1 is 1.14 bits per heavy atom. The molecule has 0 amide bonds. The van der Waals surface area contributed by atoms with Gasteiger partial charge in [-0.2, -0.15) is 0 Å². The van der Waals surface area contributed by atoms with Gasteiger partial charge >= 0.3 is 0 Å². The van der Waals surface area contributed by atoms with E-state index in [9.17, 15) is 9.59 Å². The first-order chi connectivity index (χ1) is 6.68. The number of Topliss-reactive ketones (excluding diaryl/α,β-unsaturated/α-hetero) is 1. The van der Waals surface area contributed by atoms with Gasteiger partial charge in [-0.05, 0) is 36.8 Å². The summed E-state index contributed by atoms with van der Waals surface area (Å²) in [5, 5.41) is 0. The predicted molar refractivity (Wildman–Crippen MR) is 51.5 cm³/mol. The van der Waals surface area contributed by atoms with E-state index in [1.165, 1.54) is 6.08 Å². The third-order valence-electron chi connectivity index (χ3n) is 3.84. The van der Waals surface area contributed by atoms with Gasteiger partial charge in [-0.15, -0.1) is 0 Å². The summed E-state index contributed by atoms with van der Waals surface area (Å²) in [5.41, 5.74) is 0.650. The van der Waals surface area contributed by atoms with Crippen LogP contribution in [-0.4, -0.2) is 11.6 Å². The largest absolute Gasteiger partial charge is 0.294 e. The zero-order valence-corrected chi connectivity index (χ0v) is 8.07. The molecule has 72 valence electrons. The van der Waals surface area contributed by atoms with E-state index < -0.39 is 0 Å².